The van der Waals surface area contributed by atoms with E-state index in [1.165, 1.54) is 6.08 Å². The van der Waals surface area contributed by atoms with Crippen LogP contribution in [0.3, 0.4) is 0 Å². The maximum absolute atomic E-state index is 12.3. The van der Waals surface area contributed by atoms with E-state index in [0.29, 0.717) is 24.7 Å². The fourth-order valence-electron chi connectivity index (χ4n) is 2.59. The highest BCUT2D eigenvalue weighted by Gasteiger charge is 2.05. The molecule has 2 aromatic carbocycles. The molecule has 0 unspecified atom stereocenters. The van der Waals surface area contributed by atoms with Gasteiger partial charge in [-0.2, -0.15) is 0 Å². The van der Waals surface area contributed by atoms with E-state index in [1.54, 1.807) is 17.4 Å². The third-order valence-electron chi connectivity index (χ3n) is 3.95. The first-order valence-corrected chi connectivity index (χ1v) is 10.4. The number of para-hydroxylation sites is 2. The molecule has 0 saturated heterocycles. The minimum absolute atomic E-state index is 0.221. The molecule has 0 bridgehead atoms. The van der Waals surface area contributed by atoms with Crippen LogP contribution in [0.25, 0.3) is 6.08 Å². The lowest BCUT2D eigenvalue weighted by Gasteiger charge is -2.10. The van der Waals surface area contributed by atoms with Gasteiger partial charge < -0.3 is 14.8 Å². The molecule has 6 heteroatoms. The second-order valence-corrected chi connectivity index (χ2v) is 7.45. The summed E-state index contributed by atoms with van der Waals surface area (Å²) in [6.45, 7) is 5.04. The maximum Gasteiger partial charge on any atom is 0.248 e. The summed E-state index contributed by atoms with van der Waals surface area (Å²) < 4.78 is 11.5. The highest BCUT2D eigenvalue weighted by Crippen LogP contribution is 2.24. The summed E-state index contributed by atoms with van der Waals surface area (Å²) in [4.78, 5) is 16.7. The van der Waals surface area contributed by atoms with E-state index < -0.39 is 0 Å². The van der Waals surface area contributed by atoms with E-state index in [9.17, 15) is 4.79 Å². The fraction of sp³-hybridized carbons (Fsp3) is 0.217. The Hall–Kier alpha value is -3.12. The van der Waals surface area contributed by atoms with Gasteiger partial charge in [0.1, 0.15) is 18.1 Å². The second-order valence-electron chi connectivity index (χ2n) is 6.39. The van der Waals surface area contributed by atoms with Gasteiger partial charge in [-0.1, -0.05) is 31.2 Å². The number of carbonyl (C=O) groups excluding carboxylic acids is 1. The number of nitrogens with one attached hydrogen (secondary N) is 1. The summed E-state index contributed by atoms with van der Waals surface area (Å²) >= 11 is 1.60. The van der Waals surface area contributed by atoms with Crippen molar-refractivity contribution in [2.24, 2.45) is 0 Å². The van der Waals surface area contributed by atoms with E-state index >= 15 is 0 Å². The summed E-state index contributed by atoms with van der Waals surface area (Å²) in [6, 6.07) is 15.0. The third-order valence-corrected chi connectivity index (χ3v) is 4.77. The number of aromatic nitrogens is 1. The Bertz CT molecular complexity index is 982. The Morgan fingerprint density at radius 3 is 2.83 bits per heavy atom. The Balaban J connectivity index is 1.59. The Morgan fingerprint density at radius 1 is 1.17 bits per heavy atom. The van der Waals surface area contributed by atoms with Gasteiger partial charge >= 0.3 is 0 Å². The molecule has 0 radical (unpaired) electrons. The number of anilines is 1. The molecule has 0 saturated carbocycles. The average molecular weight is 409 g/mol. The van der Waals surface area contributed by atoms with Crippen molar-refractivity contribution < 1.29 is 14.3 Å². The molecular weight excluding hydrogens is 384 g/mol. The van der Waals surface area contributed by atoms with Crippen LogP contribution in [-0.2, 0) is 11.4 Å². The number of amides is 1. The Kier molecular flexibility index (Phi) is 7.41. The van der Waals surface area contributed by atoms with Crippen molar-refractivity contribution in [3.63, 3.8) is 0 Å². The maximum atomic E-state index is 12.3. The molecule has 3 aromatic rings. The Morgan fingerprint density at radius 2 is 2.03 bits per heavy atom. The van der Waals surface area contributed by atoms with Crippen molar-refractivity contribution in [3.05, 3.63) is 76.3 Å². The van der Waals surface area contributed by atoms with Crippen LogP contribution in [-0.4, -0.2) is 17.5 Å². The number of carbonyl (C=O) groups is 1. The van der Waals surface area contributed by atoms with Crippen molar-refractivity contribution in [3.8, 4) is 11.5 Å². The van der Waals surface area contributed by atoms with E-state index in [-0.39, 0.29) is 5.91 Å². The molecule has 0 aliphatic heterocycles. The van der Waals surface area contributed by atoms with E-state index in [4.69, 9.17) is 9.47 Å². The number of aryl methyl sites for hydroxylation is 1. The number of thiazole rings is 1. The lowest BCUT2D eigenvalue weighted by Crippen LogP contribution is -2.09. The van der Waals surface area contributed by atoms with Crippen LogP contribution in [0.1, 0.15) is 29.6 Å². The zero-order chi connectivity index (χ0) is 20.5. The van der Waals surface area contributed by atoms with Crippen molar-refractivity contribution in [1.82, 2.24) is 4.98 Å². The molecule has 1 amide bonds. The highest BCUT2D eigenvalue weighted by molar-refractivity contribution is 7.09. The highest BCUT2D eigenvalue weighted by atomic mass is 32.1. The third kappa shape index (κ3) is 6.47. The smallest absolute Gasteiger partial charge is 0.248 e. The van der Waals surface area contributed by atoms with Gasteiger partial charge in [0.25, 0.3) is 0 Å². The number of hydrogen-bond acceptors (Lipinski definition) is 5. The van der Waals surface area contributed by atoms with Crippen molar-refractivity contribution >= 4 is 29.0 Å². The molecule has 1 N–H and O–H groups in total. The molecule has 0 aliphatic rings. The SMILES string of the molecule is CCCOc1ccccc1NC(=O)/C=C\c1cccc(OCc2csc(C)n2)c1. The lowest BCUT2D eigenvalue weighted by molar-refractivity contribution is -0.111. The van der Waals surface area contributed by atoms with Crippen LogP contribution < -0.4 is 14.8 Å². The van der Waals surface area contributed by atoms with Crippen molar-refractivity contribution in [2.75, 3.05) is 11.9 Å². The molecule has 0 aliphatic carbocycles. The van der Waals surface area contributed by atoms with Crippen LogP contribution in [0.15, 0.2) is 60.0 Å². The first-order chi connectivity index (χ1) is 14.1. The fourth-order valence-corrected chi connectivity index (χ4v) is 3.19. The molecule has 29 heavy (non-hydrogen) atoms. The number of rotatable bonds is 9. The summed E-state index contributed by atoms with van der Waals surface area (Å²) in [5, 5.41) is 5.88. The normalized spacial score (nSPS) is 10.8. The summed E-state index contributed by atoms with van der Waals surface area (Å²) in [5.74, 6) is 1.18. The molecule has 3 rings (SSSR count). The monoisotopic (exact) mass is 408 g/mol. The summed E-state index contributed by atoms with van der Waals surface area (Å²) in [6.07, 6.45) is 4.16. The lowest BCUT2D eigenvalue weighted by atomic mass is 10.2. The molecule has 1 aromatic heterocycles. The molecule has 5 nitrogen and oxygen atoms in total. The molecular formula is C23H24N2O3S. The van der Waals surface area contributed by atoms with Crippen LogP contribution >= 0.6 is 11.3 Å². The minimum atomic E-state index is -0.221. The van der Waals surface area contributed by atoms with Crippen molar-refractivity contribution in [2.45, 2.75) is 26.9 Å². The number of benzene rings is 2. The number of hydrogen-bond donors (Lipinski definition) is 1. The van der Waals surface area contributed by atoms with Gasteiger partial charge in [-0.3, -0.25) is 4.79 Å². The average Bonchev–Trinajstić information content (AvgIpc) is 3.16. The Labute approximate surface area is 175 Å². The van der Waals surface area contributed by atoms with Crippen LogP contribution in [0.2, 0.25) is 0 Å². The number of nitrogens with zero attached hydrogens (tertiary/aromatic N) is 1. The molecule has 1 heterocycles. The van der Waals surface area contributed by atoms with Gasteiger partial charge in [-0.05, 0) is 49.2 Å². The van der Waals surface area contributed by atoms with Gasteiger partial charge in [-0.15, -0.1) is 11.3 Å². The molecule has 0 atom stereocenters. The molecule has 150 valence electrons. The zero-order valence-electron chi connectivity index (χ0n) is 16.6. The quantitative estimate of drug-likeness (QED) is 0.477. The van der Waals surface area contributed by atoms with E-state index in [1.807, 2.05) is 67.8 Å². The molecule has 0 spiro atoms. The summed E-state index contributed by atoms with van der Waals surface area (Å²) in [5.41, 5.74) is 2.45. The first-order valence-electron chi connectivity index (χ1n) is 9.49. The van der Waals surface area contributed by atoms with Crippen LogP contribution in [0, 0.1) is 6.92 Å². The zero-order valence-corrected chi connectivity index (χ0v) is 17.4. The second kappa shape index (κ2) is 10.4. The van der Waals surface area contributed by atoms with Crippen LogP contribution in [0.5, 0.6) is 11.5 Å². The van der Waals surface area contributed by atoms with E-state index in [2.05, 4.69) is 10.3 Å². The van der Waals surface area contributed by atoms with Gasteiger partial charge in [0.15, 0.2) is 0 Å². The topological polar surface area (TPSA) is 60.5 Å². The van der Waals surface area contributed by atoms with Gasteiger partial charge in [-0.25, -0.2) is 4.98 Å². The van der Waals surface area contributed by atoms with E-state index in [0.717, 1.165) is 28.4 Å². The van der Waals surface area contributed by atoms with Gasteiger partial charge in [0.2, 0.25) is 5.91 Å². The number of ether oxygens (including phenoxy) is 2. The standard InChI is InChI=1S/C23H24N2O3S/c1-3-13-27-22-10-5-4-9-21(22)25-23(26)12-11-18-7-6-8-20(14-18)28-15-19-16-29-17(2)24-19/h4-12,14,16H,3,13,15H2,1-2H3,(H,25,26)/b12-11-. The van der Waals surface area contributed by atoms with Gasteiger partial charge in [0, 0.05) is 11.5 Å². The predicted octanol–water partition coefficient (Wildman–Crippen LogP) is 5.47. The van der Waals surface area contributed by atoms with Crippen LogP contribution in [0.4, 0.5) is 5.69 Å². The first kappa shape index (κ1) is 20.6. The molecule has 0 fully saturated rings. The predicted molar refractivity (Wildman–Crippen MR) is 118 cm³/mol. The van der Waals surface area contributed by atoms with Gasteiger partial charge in [0.05, 0.1) is 23.0 Å². The largest absolute Gasteiger partial charge is 0.491 e. The summed E-state index contributed by atoms with van der Waals surface area (Å²) in [7, 11) is 0. The minimum Gasteiger partial charge on any atom is -0.491 e. The van der Waals surface area contributed by atoms with Crippen molar-refractivity contribution in [1.29, 1.82) is 0 Å².